The molecule has 2 saturated heterocycles. The first-order chi connectivity index (χ1) is 13.3. The first-order valence-electron chi connectivity index (χ1n) is 9.63. The van der Waals surface area contributed by atoms with E-state index >= 15 is 0 Å². The first-order valence-corrected chi connectivity index (χ1v) is 11.0. The molecule has 156 valence electrons. The molecular weight excluding hydrogens is 382 g/mol. The predicted octanol–water partition coefficient (Wildman–Crippen LogP) is 0.872. The molecule has 0 radical (unpaired) electrons. The Hall–Kier alpha value is -1.68. The van der Waals surface area contributed by atoms with Crippen LogP contribution in [0.1, 0.15) is 19.4 Å². The van der Waals surface area contributed by atoms with E-state index in [0.717, 1.165) is 5.56 Å². The van der Waals surface area contributed by atoms with Gasteiger partial charge in [0.05, 0.1) is 12.2 Å². The van der Waals surface area contributed by atoms with Gasteiger partial charge < -0.3 is 14.4 Å². The van der Waals surface area contributed by atoms with Gasteiger partial charge in [0, 0.05) is 39.3 Å². The molecule has 0 saturated carbocycles. The Bertz CT molecular complexity index is 783. The van der Waals surface area contributed by atoms with Crippen LogP contribution in [0.2, 0.25) is 0 Å². The fraction of sp³-hybridized carbons (Fsp3) is 0.632. The van der Waals surface area contributed by atoms with Gasteiger partial charge >= 0.3 is 0 Å². The first kappa shape index (κ1) is 21.0. The van der Waals surface area contributed by atoms with Gasteiger partial charge in [-0.25, -0.2) is 0 Å². The van der Waals surface area contributed by atoms with E-state index in [-0.39, 0.29) is 24.7 Å². The number of hydrogen-bond acceptors (Lipinski definition) is 5. The average molecular weight is 412 g/mol. The van der Waals surface area contributed by atoms with Crippen molar-refractivity contribution in [2.24, 2.45) is 0 Å². The average Bonchev–Trinajstić information content (AvgIpc) is 2.65. The standard InChI is InChI=1S/C19H29N3O5S/c1-15-5-4-6-18(11-15)26-14-19(23)20-7-9-21(10-8-20)28(24,25)22-12-16(2)27-17(3)13-22/h4-6,11,16-17H,7-10,12-14H2,1-3H3/t16-,17-/m0/s1. The van der Waals surface area contributed by atoms with Crippen LogP contribution in [-0.4, -0.2) is 85.9 Å². The van der Waals surface area contributed by atoms with Crippen LogP contribution in [0.15, 0.2) is 24.3 Å². The van der Waals surface area contributed by atoms with E-state index in [0.29, 0.717) is 45.0 Å². The van der Waals surface area contributed by atoms with Crippen molar-refractivity contribution in [3.8, 4) is 5.75 Å². The van der Waals surface area contributed by atoms with Crippen LogP contribution >= 0.6 is 0 Å². The van der Waals surface area contributed by atoms with Crippen LogP contribution in [0, 0.1) is 6.92 Å². The molecule has 3 rings (SSSR count). The van der Waals surface area contributed by atoms with Gasteiger partial charge in [-0.05, 0) is 38.5 Å². The van der Waals surface area contributed by atoms with Crippen LogP contribution in [-0.2, 0) is 19.7 Å². The molecule has 9 heteroatoms. The summed E-state index contributed by atoms with van der Waals surface area (Å²) in [5, 5.41) is 0. The smallest absolute Gasteiger partial charge is 0.282 e. The third-order valence-corrected chi connectivity index (χ3v) is 6.95. The van der Waals surface area contributed by atoms with E-state index in [4.69, 9.17) is 9.47 Å². The summed E-state index contributed by atoms with van der Waals surface area (Å²) >= 11 is 0. The van der Waals surface area contributed by atoms with Crippen molar-refractivity contribution in [1.82, 2.24) is 13.5 Å². The molecule has 2 fully saturated rings. The third-order valence-electron chi connectivity index (χ3n) is 4.98. The van der Waals surface area contributed by atoms with E-state index in [9.17, 15) is 13.2 Å². The monoisotopic (exact) mass is 411 g/mol. The number of piperazine rings is 1. The molecule has 2 aliphatic heterocycles. The van der Waals surface area contributed by atoms with E-state index < -0.39 is 10.2 Å². The highest BCUT2D eigenvalue weighted by Gasteiger charge is 2.37. The van der Waals surface area contributed by atoms with Gasteiger partial charge in [0.2, 0.25) is 0 Å². The summed E-state index contributed by atoms with van der Waals surface area (Å²) in [6.07, 6.45) is -0.250. The fourth-order valence-corrected chi connectivity index (χ4v) is 5.34. The number of amides is 1. The van der Waals surface area contributed by atoms with Crippen molar-refractivity contribution >= 4 is 16.1 Å². The Labute approximate surface area is 167 Å². The molecule has 0 bridgehead atoms. The Morgan fingerprint density at radius 1 is 1.11 bits per heavy atom. The van der Waals surface area contributed by atoms with Crippen molar-refractivity contribution in [2.45, 2.75) is 33.0 Å². The summed E-state index contributed by atoms with van der Waals surface area (Å²) < 4.78 is 40.0. The van der Waals surface area contributed by atoms with E-state index in [1.807, 2.05) is 45.0 Å². The summed E-state index contributed by atoms with van der Waals surface area (Å²) in [5.41, 5.74) is 1.07. The van der Waals surface area contributed by atoms with Gasteiger partial charge in [0.1, 0.15) is 5.75 Å². The van der Waals surface area contributed by atoms with Crippen molar-refractivity contribution in [1.29, 1.82) is 0 Å². The lowest BCUT2D eigenvalue weighted by atomic mass is 10.2. The van der Waals surface area contributed by atoms with E-state index in [1.54, 1.807) is 4.90 Å². The SMILES string of the molecule is Cc1cccc(OCC(=O)N2CCN(S(=O)(=O)N3C[C@H](C)O[C@@H](C)C3)CC2)c1. The van der Waals surface area contributed by atoms with Crippen molar-refractivity contribution in [2.75, 3.05) is 45.9 Å². The Balaban J connectivity index is 1.51. The minimum absolute atomic E-state index is 0.0469. The number of carbonyl (C=O) groups is 1. The summed E-state index contributed by atoms with van der Waals surface area (Å²) in [4.78, 5) is 14.1. The van der Waals surface area contributed by atoms with Crippen LogP contribution in [0.4, 0.5) is 0 Å². The number of morpholine rings is 1. The summed E-state index contributed by atoms with van der Waals surface area (Å²) in [6, 6.07) is 7.54. The van der Waals surface area contributed by atoms with E-state index in [1.165, 1.54) is 8.61 Å². The Kier molecular flexibility index (Phi) is 6.59. The highest BCUT2D eigenvalue weighted by atomic mass is 32.2. The third kappa shape index (κ3) is 5.02. The lowest BCUT2D eigenvalue weighted by Gasteiger charge is -2.40. The number of rotatable bonds is 5. The number of carbonyl (C=O) groups excluding carboxylic acids is 1. The minimum atomic E-state index is -3.54. The maximum atomic E-state index is 12.9. The molecule has 0 N–H and O–H groups in total. The molecule has 0 unspecified atom stereocenters. The highest BCUT2D eigenvalue weighted by molar-refractivity contribution is 7.86. The molecule has 0 spiro atoms. The molecule has 28 heavy (non-hydrogen) atoms. The second-order valence-corrected chi connectivity index (χ2v) is 9.40. The molecule has 0 aliphatic carbocycles. The molecular formula is C19H29N3O5S. The molecule has 0 aromatic heterocycles. The minimum Gasteiger partial charge on any atom is -0.484 e. The lowest BCUT2D eigenvalue weighted by molar-refractivity contribution is -0.134. The number of ether oxygens (including phenoxy) is 2. The van der Waals surface area contributed by atoms with E-state index in [2.05, 4.69) is 0 Å². The van der Waals surface area contributed by atoms with Gasteiger partial charge in [0.25, 0.3) is 16.1 Å². The molecule has 1 amide bonds. The highest BCUT2D eigenvalue weighted by Crippen LogP contribution is 2.19. The van der Waals surface area contributed by atoms with Gasteiger partial charge in [-0.2, -0.15) is 17.0 Å². The Morgan fingerprint density at radius 3 is 2.36 bits per heavy atom. The molecule has 1 aromatic rings. The predicted molar refractivity (Wildman–Crippen MR) is 105 cm³/mol. The molecule has 2 heterocycles. The van der Waals surface area contributed by atoms with Crippen molar-refractivity contribution in [3.63, 3.8) is 0 Å². The number of aryl methyl sites for hydroxylation is 1. The second-order valence-electron chi connectivity index (χ2n) is 7.47. The summed E-state index contributed by atoms with van der Waals surface area (Å²) in [6.45, 7) is 7.70. The van der Waals surface area contributed by atoms with Crippen LogP contribution < -0.4 is 4.74 Å². The van der Waals surface area contributed by atoms with Gasteiger partial charge in [0.15, 0.2) is 6.61 Å². The Morgan fingerprint density at radius 2 is 1.75 bits per heavy atom. The van der Waals surface area contributed by atoms with Gasteiger partial charge in [-0.1, -0.05) is 12.1 Å². The molecule has 2 atom stereocenters. The van der Waals surface area contributed by atoms with Crippen LogP contribution in [0.25, 0.3) is 0 Å². The van der Waals surface area contributed by atoms with Crippen LogP contribution in [0.3, 0.4) is 0 Å². The normalized spacial score (nSPS) is 24.9. The van der Waals surface area contributed by atoms with Crippen molar-refractivity contribution in [3.05, 3.63) is 29.8 Å². The second kappa shape index (κ2) is 8.77. The lowest BCUT2D eigenvalue weighted by Crippen LogP contribution is -2.58. The number of hydrogen-bond donors (Lipinski definition) is 0. The van der Waals surface area contributed by atoms with Crippen LogP contribution in [0.5, 0.6) is 5.75 Å². The maximum Gasteiger partial charge on any atom is 0.282 e. The topological polar surface area (TPSA) is 79.4 Å². The number of nitrogens with zero attached hydrogens (tertiary/aromatic N) is 3. The molecule has 8 nitrogen and oxygen atoms in total. The molecule has 1 aromatic carbocycles. The maximum absolute atomic E-state index is 12.9. The largest absolute Gasteiger partial charge is 0.484 e. The molecule has 2 aliphatic rings. The zero-order valence-electron chi connectivity index (χ0n) is 16.7. The summed E-state index contributed by atoms with van der Waals surface area (Å²) in [5.74, 6) is 0.525. The number of benzene rings is 1. The zero-order valence-corrected chi connectivity index (χ0v) is 17.5. The summed E-state index contributed by atoms with van der Waals surface area (Å²) in [7, 11) is -3.54. The van der Waals surface area contributed by atoms with Crippen molar-refractivity contribution < 1.29 is 22.7 Å². The fourth-order valence-electron chi connectivity index (χ4n) is 3.59. The quantitative estimate of drug-likeness (QED) is 0.718. The van der Waals surface area contributed by atoms with Gasteiger partial charge in [-0.15, -0.1) is 0 Å². The zero-order chi connectivity index (χ0) is 20.3. The van der Waals surface area contributed by atoms with Gasteiger partial charge in [-0.3, -0.25) is 4.79 Å².